The van der Waals surface area contributed by atoms with E-state index >= 15 is 0 Å². The van der Waals surface area contributed by atoms with Crippen LogP contribution in [-0.4, -0.2) is 85.1 Å². The third-order valence-corrected chi connectivity index (χ3v) is 5.35. The topological polar surface area (TPSA) is 123 Å². The number of nitrogens with zero attached hydrogens (tertiary/aromatic N) is 3. The lowest BCUT2D eigenvalue weighted by Gasteiger charge is -2.32. The molecule has 0 aromatic heterocycles. The van der Waals surface area contributed by atoms with Gasteiger partial charge in [0.05, 0.1) is 12.6 Å². The number of carbonyl (C=O) groups excluding carboxylic acids is 1. The fourth-order valence-corrected chi connectivity index (χ4v) is 4.21. The molecule has 2 N–H and O–H groups in total. The standard InChI is InChI=1S/C14H24N4O6S/c1-16-6-2-3-10(7-16)9-23-13(15)12-5-4-11-8-17(12)14(19)18(11)24-25(20,21)22/h10-12,15H,2-9H2,1H3,(H,20,21,22)/t10-,11-,12+/m1/s1. The first-order valence-corrected chi connectivity index (χ1v) is 9.77. The van der Waals surface area contributed by atoms with Gasteiger partial charge in [0, 0.05) is 19.0 Å². The molecule has 0 spiro atoms. The van der Waals surface area contributed by atoms with Crippen LogP contribution in [0.25, 0.3) is 0 Å². The lowest BCUT2D eigenvalue weighted by Crippen LogP contribution is -2.46. The van der Waals surface area contributed by atoms with E-state index in [0.717, 1.165) is 25.9 Å². The first kappa shape index (κ1) is 18.4. The Bertz CT molecular complexity index is 641. The number of rotatable bonds is 5. The molecule has 3 atom stereocenters. The molecule has 25 heavy (non-hydrogen) atoms. The van der Waals surface area contributed by atoms with Crippen LogP contribution in [0.3, 0.4) is 0 Å². The maximum absolute atomic E-state index is 12.3. The van der Waals surface area contributed by atoms with Crippen LogP contribution in [0.2, 0.25) is 0 Å². The summed E-state index contributed by atoms with van der Waals surface area (Å²) in [6.07, 6.45) is 3.13. The van der Waals surface area contributed by atoms with Gasteiger partial charge >= 0.3 is 16.4 Å². The molecule has 3 heterocycles. The lowest BCUT2D eigenvalue weighted by atomic mass is 9.99. The minimum atomic E-state index is -4.76. The number of urea groups is 1. The van der Waals surface area contributed by atoms with Gasteiger partial charge in [0.2, 0.25) is 5.90 Å². The number of hydrogen-bond donors (Lipinski definition) is 2. The van der Waals surface area contributed by atoms with Crippen LogP contribution < -0.4 is 0 Å². The number of likely N-dealkylation sites (tertiary alicyclic amines) is 1. The second-order valence-corrected chi connectivity index (χ2v) is 7.96. The maximum atomic E-state index is 12.3. The Balaban J connectivity index is 1.57. The quantitative estimate of drug-likeness (QED) is 0.402. The molecule has 10 nitrogen and oxygen atoms in total. The lowest BCUT2D eigenvalue weighted by molar-refractivity contribution is -0.0316. The van der Waals surface area contributed by atoms with Gasteiger partial charge in [-0.25, -0.2) is 4.79 Å². The van der Waals surface area contributed by atoms with Crippen molar-refractivity contribution in [2.45, 2.75) is 37.8 Å². The van der Waals surface area contributed by atoms with Gasteiger partial charge in [-0.15, -0.1) is 4.28 Å². The SMILES string of the molecule is CN1CCC[C@@H](COC(=N)[C@@H]2CC[C@@H]3CN2C(=O)N3OS(=O)(=O)O)C1. The monoisotopic (exact) mass is 376 g/mol. The number of hydroxylamine groups is 2. The largest absolute Gasteiger partial charge is 0.479 e. The molecule has 3 aliphatic heterocycles. The van der Waals surface area contributed by atoms with Crippen LogP contribution in [0.1, 0.15) is 25.7 Å². The van der Waals surface area contributed by atoms with E-state index in [1.165, 1.54) is 4.90 Å². The summed E-state index contributed by atoms with van der Waals surface area (Å²) < 4.78 is 40.6. The molecular formula is C14H24N4O6S. The van der Waals surface area contributed by atoms with Crippen LogP contribution in [0.15, 0.2) is 0 Å². The van der Waals surface area contributed by atoms with Gasteiger partial charge in [0.25, 0.3) is 0 Å². The Hall–Kier alpha value is -1.43. The number of fused-ring (bicyclic) bond motifs is 2. The van der Waals surface area contributed by atoms with Gasteiger partial charge in [0.1, 0.15) is 6.04 Å². The number of carbonyl (C=O) groups is 1. The number of piperidine rings is 2. The van der Waals surface area contributed by atoms with Crippen LogP contribution in [0, 0.1) is 11.3 Å². The molecule has 3 saturated heterocycles. The molecule has 2 bridgehead atoms. The molecule has 11 heteroatoms. The highest BCUT2D eigenvalue weighted by molar-refractivity contribution is 7.80. The Kier molecular flexibility index (Phi) is 5.19. The summed E-state index contributed by atoms with van der Waals surface area (Å²) in [4.78, 5) is 15.9. The first-order chi connectivity index (χ1) is 11.7. The number of amides is 2. The zero-order chi connectivity index (χ0) is 18.2. The molecule has 3 aliphatic rings. The highest BCUT2D eigenvalue weighted by Gasteiger charge is 2.49. The van der Waals surface area contributed by atoms with E-state index in [9.17, 15) is 13.2 Å². The van der Waals surface area contributed by atoms with E-state index in [0.29, 0.717) is 30.4 Å². The highest BCUT2D eigenvalue weighted by Crippen LogP contribution is 2.31. The summed E-state index contributed by atoms with van der Waals surface area (Å²) in [5.41, 5.74) is 0. The number of hydrogen-bond acceptors (Lipinski definition) is 7. The summed E-state index contributed by atoms with van der Waals surface area (Å²) in [7, 11) is -2.70. The predicted molar refractivity (Wildman–Crippen MR) is 87.3 cm³/mol. The summed E-state index contributed by atoms with van der Waals surface area (Å²) in [5.74, 6) is 0.387. The zero-order valence-corrected chi connectivity index (χ0v) is 14.9. The van der Waals surface area contributed by atoms with Crippen molar-refractivity contribution >= 4 is 22.3 Å². The van der Waals surface area contributed by atoms with E-state index in [2.05, 4.69) is 16.2 Å². The van der Waals surface area contributed by atoms with Crippen molar-refractivity contribution in [1.82, 2.24) is 14.9 Å². The molecule has 3 fully saturated rings. The number of nitrogens with one attached hydrogen (secondary N) is 1. The van der Waals surface area contributed by atoms with E-state index in [1.807, 2.05) is 0 Å². The van der Waals surface area contributed by atoms with Gasteiger partial charge in [-0.2, -0.15) is 13.5 Å². The summed E-state index contributed by atoms with van der Waals surface area (Å²) in [6, 6.07) is -1.65. The van der Waals surface area contributed by atoms with Crippen molar-refractivity contribution in [3.8, 4) is 0 Å². The molecule has 0 aromatic rings. The van der Waals surface area contributed by atoms with Crippen LogP contribution in [-0.2, 0) is 19.4 Å². The normalized spacial score (nSPS) is 30.6. The molecular weight excluding hydrogens is 352 g/mol. The molecule has 0 aliphatic carbocycles. The highest BCUT2D eigenvalue weighted by atomic mass is 32.3. The summed E-state index contributed by atoms with van der Waals surface area (Å²) in [5, 5.41) is 8.86. The van der Waals surface area contributed by atoms with Gasteiger partial charge in [-0.05, 0) is 39.3 Å². The van der Waals surface area contributed by atoms with Gasteiger partial charge < -0.3 is 14.5 Å². The third kappa shape index (κ3) is 4.22. The van der Waals surface area contributed by atoms with Crippen LogP contribution in [0.4, 0.5) is 4.79 Å². The fourth-order valence-electron chi connectivity index (χ4n) is 3.82. The summed E-state index contributed by atoms with van der Waals surface area (Å²) in [6.45, 7) is 2.69. The molecule has 0 aromatic carbocycles. The van der Waals surface area contributed by atoms with E-state index in [1.54, 1.807) is 0 Å². The first-order valence-electron chi connectivity index (χ1n) is 8.41. The van der Waals surface area contributed by atoms with Gasteiger partial charge in [-0.3, -0.25) is 9.96 Å². The molecule has 142 valence electrons. The maximum Gasteiger partial charge on any atom is 0.418 e. The van der Waals surface area contributed by atoms with Crippen LogP contribution in [0.5, 0.6) is 0 Å². The second-order valence-electron chi connectivity index (χ2n) is 6.96. The van der Waals surface area contributed by atoms with Crippen molar-refractivity contribution in [2.24, 2.45) is 5.92 Å². The van der Waals surface area contributed by atoms with Gasteiger partial charge in [0.15, 0.2) is 0 Å². The van der Waals surface area contributed by atoms with E-state index in [-0.39, 0.29) is 12.4 Å². The Labute approximate surface area is 147 Å². The summed E-state index contributed by atoms with van der Waals surface area (Å²) >= 11 is 0. The third-order valence-electron chi connectivity index (χ3n) is 5.00. The zero-order valence-electron chi connectivity index (χ0n) is 14.1. The van der Waals surface area contributed by atoms with Crippen molar-refractivity contribution in [1.29, 1.82) is 5.41 Å². The van der Waals surface area contributed by atoms with Crippen LogP contribution >= 0.6 is 0 Å². The predicted octanol–water partition coefficient (Wildman–Crippen LogP) is 0.325. The Morgan fingerprint density at radius 3 is 2.76 bits per heavy atom. The molecule has 0 saturated carbocycles. The van der Waals surface area contributed by atoms with Crippen molar-refractivity contribution in [2.75, 3.05) is 33.3 Å². The van der Waals surface area contributed by atoms with E-state index < -0.39 is 28.5 Å². The minimum absolute atomic E-state index is 0.0220. The minimum Gasteiger partial charge on any atom is -0.479 e. The fraction of sp³-hybridized carbons (Fsp3) is 0.857. The van der Waals surface area contributed by atoms with E-state index in [4.69, 9.17) is 14.7 Å². The van der Waals surface area contributed by atoms with Crippen molar-refractivity contribution < 1.29 is 26.8 Å². The van der Waals surface area contributed by atoms with Gasteiger partial charge in [-0.1, -0.05) is 0 Å². The number of ether oxygens (including phenoxy) is 1. The molecule has 0 radical (unpaired) electrons. The van der Waals surface area contributed by atoms with Crippen molar-refractivity contribution in [3.63, 3.8) is 0 Å². The molecule has 0 unspecified atom stereocenters. The average molecular weight is 376 g/mol. The Morgan fingerprint density at radius 1 is 1.32 bits per heavy atom. The molecule has 2 amide bonds. The average Bonchev–Trinajstić information content (AvgIpc) is 2.76. The Morgan fingerprint density at radius 2 is 2.08 bits per heavy atom. The second kappa shape index (κ2) is 7.06. The smallest absolute Gasteiger partial charge is 0.418 e. The van der Waals surface area contributed by atoms with Crippen molar-refractivity contribution in [3.05, 3.63) is 0 Å². The molecule has 3 rings (SSSR count).